The number of para-hydroxylation sites is 1. The summed E-state index contributed by atoms with van der Waals surface area (Å²) in [5.74, 6) is -1.81. The number of phenols is 1. The van der Waals surface area contributed by atoms with Crippen LogP contribution in [0.25, 0.3) is 0 Å². The van der Waals surface area contributed by atoms with Crippen molar-refractivity contribution in [1.29, 1.82) is 0 Å². The maximum absolute atomic E-state index is 12.2. The Hall–Kier alpha value is -2.24. The van der Waals surface area contributed by atoms with Gasteiger partial charge in [0.2, 0.25) is 0 Å². The minimum atomic E-state index is -1.02. The summed E-state index contributed by atoms with van der Waals surface area (Å²) >= 11 is 0. The van der Waals surface area contributed by atoms with Crippen LogP contribution in [0.2, 0.25) is 0 Å². The van der Waals surface area contributed by atoms with Gasteiger partial charge in [0.25, 0.3) is 5.91 Å². The van der Waals surface area contributed by atoms with Crippen molar-refractivity contribution in [2.24, 2.45) is 0 Å². The SMILES string of the molecule is Nc1cccc(C(=O)N2CCCC2C(=O)O)c1O. The van der Waals surface area contributed by atoms with Gasteiger partial charge in [0.1, 0.15) is 6.04 Å². The minimum Gasteiger partial charge on any atom is -0.505 e. The van der Waals surface area contributed by atoms with Crippen molar-refractivity contribution in [1.82, 2.24) is 4.90 Å². The highest BCUT2D eigenvalue weighted by molar-refractivity contribution is 6.00. The summed E-state index contributed by atoms with van der Waals surface area (Å²) in [7, 11) is 0. The number of carbonyl (C=O) groups excluding carboxylic acids is 1. The fourth-order valence-electron chi connectivity index (χ4n) is 2.16. The zero-order valence-electron chi connectivity index (χ0n) is 9.67. The van der Waals surface area contributed by atoms with E-state index in [4.69, 9.17) is 10.8 Å². The van der Waals surface area contributed by atoms with Crippen molar-refractivity contribution in [2.75, 3.05) is 12.3 Å². The first-order valence-corrected chi connectivity index (χ1v) is 5.63. The van der Waals surface area contributed by atoms with Crippen molar-refractivity contribution in [3.8, 4) is 5.75 Å². The lowest BCUT2D eigenvalue weighted by Gasteiger charge is -2.22. The van der Waals surface area contributed by atoms with Crippen LogP contribution >= 0.6 is 0 Å². The molecule has 1 aliphatic heterocycles. The molecule has 96 valence electrons. The first-order valence-electron chi connectivity index (χ1n) is 5.63. The Kier molecular flexibility index (Phi) is 3.10. The van der Waals surface area contributed by atoms with Crippen LogP contribution in [0.5, 0.6) is 5.75 Å². The van der Waals surface area contributed by atoms with Gasteiger partial charge >= 0.3 is 5.97 Å². The number of carbonyl (C=O) groups is 2. The van der Waals surface area contributed by atoms with Gasteiger partial charge in [0, 0.05) is 6.54 Å². The Balaban J connectivity index is 2.31. The van der Waals surface area contributed by atoms with Crippen LogP contribution in [-0.4, -0.2) is 39.6 Å². The predicted octanol–water partition coefficient (Wildman–Crippen LogP) is 0.664. The molecule has 0 bridgehead atoms. The number of hydrogen-bond donors (Lipinski definition) is 3. The van der Waals surface area contributed by atoms with Gasteiger partial charge < -0.3 is 20.8 Å². The molecule has 1 heterocycles. The minimum absolute atomic E-state index is 0.0446. The monoisotopic (exact) mass is 250 g/mol. The molecule has 2 rings (SSSR count). The summed E-state index contributed by atoms with van der Waals surface area (Å²) in [5.41, 5.74) is 5.66. The Labute approximate surface area is 104 Å². The van der Waals surface area contributed by atoms with E-state index in [-0.39, 0.29) is 17.0 Å². The Morgan fingerprint density at radius 2 is 2.11 bits per heavy atom. The molecule has 0 aromatic heterocycles. The standard InChI is InChI=1S/C12H14N2O4/c13-8-4-1-3-7(10(8)15)11(16)14-6-2-5-9(14)12(17)18/h1,3-4,9,15H,2,5-6,13H2,(H,17,18). The molecule has 4 N–H and O–H groups in total. The number of aliphatic carboxylic acids is 1. The number of carboxylic acid groups (broad SMARTS) is 1. The van der Waals surface area contributed by atoms with E-state index >= 15 is 0 Å². The molecule has 0 spiro atoms. The maximum atomic E-state index is 12.2. The summed E-state index contributed by atoms with van der Waals surface area (Å²) in [6, 6.07) is 3.64. The maximum Gasteiger partial charge on any atom is 0.326 e. The number of benzene rings is 1. The third kappa shape index (κ3) is 1.97. The largest absolute Gasteiger partial charge is 0.505 e. The zero-order valence-corrected chi connectivity index (χ0v) is 9.67. The molecular weight excluding hydrogens is 236 g/mol. The van der Waals surface area contributed by atoms with Crippen molar-refractivity contribution in [3.63, 3.8) is 0 Å². The number of anilines is 1. The van der Waals surface area contributed by atoms with E-state index in [1.165, 1.54) is 17.0 Å². The highest BCUT2D eigenvalue weighted by atomic mass is 16.4. The third-order valence-corrected chi connectivity index (χ3v) is 3.10. The van der Waals surface area contributed by atoms with Gasteiger partial charge in [-0.1, -0.05) is 6.07 Å². The van der Waals surface area contributed by atoms with Crippen LogP contribution < -0.4 is 5.73 Å². The van der Waals surface area contributed by atoms with Crippen LogP contribution in [0.4, 0.5) is 5.69 Å². The van der Waals surface area contributed by atoms with Crippen LogP contribution in [0.1, 0.15) is 23.2 Å². The molecule has 1 fully saturated rings. The number of phenolic OH excluding ortho intramolecular Hbond substituents is 1. The smallest absolute Gasteiger partial charge is 0.326 e. The number of rotatable bonds is 2. The molecule has 18 heavy (non-hydrogen) atoms. The van der Waals surface area contributed by atoms with Crippen molar-refractivity contribution >= 4 is 17.6 Å². The molecule has 1 aromatic rings. The van der Waals surface area contributed by atoms with Gasteiger partial charge in [0.15, 0.2) is 5.75 Å². The van der Waals surface area contributed by atoms with Gasteiger partial charge in [-0.3, -0.25) is 4.79 Å². The number of amides is 1. The molecule has 1 saturated heterocycles. The fourth-order valence-corrected chi connectivity index (χ4v) is 2.16. The first kappa shape index (κ1) is 12.2. The molecule has 1 aromatic carbocycles. The quantitative estimate of drug-likeness (QED) is 0.528. The van der Waals surface area contributed by atoms with E-state index in [0.717, 1.165) is 0 Å². The number of nitrogens with zero attached hydrogens (tertiary/aromatic N) is 1. The van der Waals surface area contributed by atoms with E-state index < -0.39 is 17.9 Å². The van der Waals surface area contributed by atoms with Crippen molar-refractivity contribution in [2.45, 2.75) is 18.9 Å². The highest BCUT2D eigenvalue weighted by Gasteiger charge is 2.35. The van der Waals surface area contributed by atoms with E-state index in [2.05, 4.69) is 0 Å². The molecule has 6 heteroatoms. The second kappa shape index (κ2) is 4.56. The van der Waals surface area contributed by atoms with Gasteiger partial charge in [-0.2, -0.15) is 0 Å². The average Bonchev–Trinajstić information content (AvgIpc) is 2.81. The van der Waals surface area contributed by atoms with Crippen LogP contribution in [0.15, 0.2) is 18.2 Å². The Morgan fingerprint density at radius 1 is 1.39 bits per heavy atom. The summed E-state index contributed by atoms with van der Waals surface area (Å²) in [6.07, 6.45) is 1.08. The highest BCUT2D eigenvalue weighted by Crippen LogP contribution is 2.28. The summed E-state index contributed by atoms with van der Waals surface area (Å²) in [4.78, 5) is 24.5. The van der Waals surface area contributed by atoms with E-state index in [1.807, 2.05) is 0 Å². The number of aromatic hydroxyl groups is 1. The Bertz CT molecular complexity index is 501. The number of hydrogen-bond acceptors (Lipinski definition) is 4. The second-order valence-corrected chi connectivity index (χ2v) is 4.24. The number of nitrogen functional groups attached to an aromatic ring is 1. The molecule has 0 aliphatic carbocycles. The van der Waals surface area contributed by atoms with Crippen LogP contribution in [-0.2, 0) is 4.79 Å². The van der Waals surface area contributed by atoms with E-state index in [9.17, 15) is 14.7 Å². The van der Waals surface area contributed by atoms with Crippen molar-refractivity contribution < 1.29 is 19.8 Å². The lowest BCUT2D eigenvalue weighted by molar-refractivity contribution is -0.141. The summed E-state index contributed by atoms with van der Waals surface area (Å²) in [6.45, 7) is 0.379. The second-order valence-electron chi connectivity index (χ2n) is 4.24. The van der Waals surface area contributed by atoms with Gasteiger partial charge in [-0.05, 0) is 25.0 Å². The van der Waals surface area contributed by atoms with Crippen LogP contribution in [0.3, 0.4) is 0 Å². The predicted molar refractivity (Wildman–Crippen MR) is 64.2 cm³/mol. The summed E-state index contributed by atoms with van der Waals surface area (Å²) < 4.78 is 0. The van der Waals surface area contributed by atoms with Gasteiger partial charge in [0.05, 0.1) is 11.3 Å². The fraction of sp³-hybridized carbons (Fsp3) is 0.333. The molecular formula is C12H14N2O4. The molecule has 1 amide bonds. The molecule has 1 atom stereocenters. The molecule has 1 aliphatic rings. The van der Waals surface area contributed by atoms with Crippen molar-refractivity contribution in [3.05, 3.63) is 23.8 Å². The summed E-state index contributed by atoms with van der Waals surface area (Å²) in [5, 5.41) is 18.8. The Morgan fingerprint density at radius 3 is 2.78 bits per heavy atom. The van der Waals surface area contributed by atoms with E-state index in [1.54, 1.807) is 6.07 Å². The first-order chi connectivity index (χ1) is 8.52. The normalized spacial score (nSPS) is 18.9. The van der Waals surface area contributed by atoms with E-state index in [0.29, 0.717) is 19.4 Å². The lowest BCUT2D eigenvalue weighted by atomic mass is 10.1. The molecule has 6 nitrogen and oxygen atoms in total. The van der Waals surface area contributed by atoms with Gasteiger partial charge in [-0.25, -0.2) is 4.79 Å². The average molecular weight is 250 g/mol. The number of carboxylic acids is 1. The number of likely N-dealkylation sites (tertiary alicyclic amines) is 1. The lowest BCUT2D eigenvalue weighted by Crippen LogP contribution is -2.40. The molecule has 0 radical (unpaired) electrons. The van der Waals surface area contributed by atoms with Crippen LogP contribution in [0, 0.1) is 0 Å². The number of nitrogens with two attached hydrogens (primary N) is 1. The van der Waals surface area contributed by atoms with Gasteiger partial charge in [-0.15, -0.1) is 0 Å². The molecule has 1 unspecified atom stereocenters. The zero-order chi connectivity index (χ0) is 13.3. The molecule has 0 saturated carbocycles. The topological polar surface area (TPSA) is 104 Å². The third-order valence-electron chi connectivity index (χ3n) is 3.10.